The van der Waals surface area contributed by atoms with Crippen LogP contribution >= 0.6 is 11.3 Å². The number of amides is 3. The van der Waals surface area contributed by atoms with Crippen molar-refractivity contribution in [3.05, 3.63) is 52.1 Å². The van der Waals surface area contributed by atoms with Crippen LogP contribution in [0.2, 0.25) is 0 Å². The van der Waals surface area contributed by atoms with Gasteiger partial charge in [-0.05, 0) is 70.8 Å². The van der Waals surface area contributed by atoms with Gasteiger partial charge in [-0.3, -0.25) is 19.6 Å². The van der Waals surface area contributed by atoms with Crippen LogP contribution in [0.25, 0.3) is 33.4 Å². The van der Waals surface area contributed by atoms with Gasteiger partial charge in [-0.1, -0.05) is 19.9 Å². The summed E-state index contributed by atoms with van der Waals surface area (Å²) in [4.78, 5) is 58.6. The number of benzene rings is 1. The second-order valence-electron chi connectivity index (χ2n) is 17.8. The average molecular weight is 856 g/mol. The lowest BCUT2D eigenvalue weighted by Gasteiger charge is -2.37. The van der Waals surface area contributed by atoms with E-state index in [1.165, 1.54) is 16.3 Å². The van der Waals surface area contributed by atoms with Gasteiger partial charge < -0.3 is 38.8 Å². The molecule has 3 fully saturated rings. The van der Waals surface area contributed by atoms with Crippen LogP contribution in [-0.2, 0) is 43.2 Å². The number of rotatable bonds is 6. The second-order valence-corrected chi connectivity index (χ2v) is 18.8. The first kappa shape index (κ1) is 43.1. The van der Waals surface area contributed by atoms with E-state index < -0.39 is 23.5 Å². The number of thiazole rings is 1. The Bertz CT molecular complexity index is 2250. The van der Waals surface area contributed by atoms with Crippen LogP contribution in [0.1, 0.15) is 69.8 Å². The highest BCUT2D eigenvalue weighted by Crippen LogP contribution is 2.43. The Kier molecular flexibility index (Phi) is 12.7. The number of cyclic esters (lactones) is 1. The third kappa shape index (κ3) is 9.01. The maximum absolute atomic E-state index is 14.3. The standard InChI is InChI=1S/C45H61N9O6S/c1-8-52-38-12-11-30-20-32(38)34(41(52)33-21-31(24-46-40(33)29(3)58-7)51-16-14-50(6)15-17-51)23-45(4,5)27-60-43(56)35-10-9-13-54(49-35)42(55)36(22-39-47-37(30)26-61-39)48-44(57)53-18-19-59-25-28(53)2/h11-12,20-21,24,26,28-29,35-36,49H,8-10,13-19,22-23,25,27H2,1-7H3,(H,48,57)/t28-,29-,35-,36-/m0/s1. The zero-order valence-corrected chi connectivity index (χ0v) is 37.5. The van der Waals surface area contributed by atoms with Gasteiger partial charge in [0.05, 0.1) is 65.9 Å². The average Bonchev–Trinajstić information content (AvgIpc) is 3.86. The number of morpholine rings is 1. The molecule has 0 saturated carbocycles. The molecule has 3 saturated heterocycles. The Morgan fingerprint density at radius 2 is 1.93 bits per heavy atom. The summed E-state index contributed by atoms with van der Waals surface area (Å²) in [6.07, 6.45) is 3.65. The minimum atomic E-state index is -0.921. The molecule has 0 aliphatic carbocycles. The van der Waals surface area contributed by atoms with E-state index in [-0.39, 0.29) is 37.1 Å². The van der Waals surface area contributed by atoms with Crippen molar-refractivity contribution in [2.45, 2.75) is 91.1 Å². The molecule has 3 aromatic heterocycles. The molecule has 0 radical (unpaired) electrons. The van der Waals surface area contributed by atoms with Crippen LogP contribution in [0.15, 0.2) is 35.8 Å². The van der Waals surface area contributed by atoms with Gasteiger partial charge in [0.1, 0.15) is 12.1 Å². The number of hydrazine groups is 1. The van der Waals surface area contributed by atoms with E-state index >= 15 is 0 Å². The smallest absolute Gasteiger partial charge is 0.324 e. The summed E-state index contributed by atoms with van der Waals surface area (Å²) >= 11 is 1.47. The van der Waals surface area contributed by atoms with Crippen molar-refractivity contribution in [1.29, 1.82) is 0 Å². The summed E-state index contributed by atoms with van der Waals surface area (Å²) in [5.41, 5.74) is 10.7. The number of hydrogen-bond donors (Lipinski definition) is 2. The molecule has 1 aromatic carbocycles. The van der Waals surface area contributed by atoms with Gasteiger partial charge >= 0.3 is 12.0 Å². The van der Waals surface area contributed by atoms with Gasteiger partial charge in [0, 0.05) is 92.2 Å². The molecular formula is C45H61N9O6S. The summed E-state index contributed by atoms with van der Waals surface area (Å²) in [6, 6.07) is 6.72. The first-order valence-corrected chi connectivity index (χ1v) is 22.7. The molecule has 16 heteroatoms. The lowest BCUT2D eigenvalue weighted by Crippen LogP contribution is -2.62. The van der Waals surface area contributed by atoms with Crippen LogP contribution in [0, 0.1) is 5.41 Å². The highest BCUT2D eigenvalue weighted by atomic mass is 32.1. The van der Waals surface area contributed by atoms with Gasteiger partial charge in [0.15, 0.2) is 0 Å². The van der Waals surface area contributed by atoms with E-state index in [1.54, 1.807) is 12.0 Å². The molecular weight excluding hydrogens is 795 g/mol. The maximum atomic E-state index is 14.3. The van der Waals surface area contributed by atoms with Crippen molar-refractivity contribution in [3.8, 4) is 22.5 Å². The van der Waals surface area contributed by atoms with Crippen molar-refractivity contribution < 1.29 is 28.6 Å². The molecule has 8 rings (SSSR count). The fourth-order valence-corrected chi connectivity index (χ4v) is 9.95. The first-order chi connectivity index (χ1) is 29.3. The molecule has 6 bridgehead atoms. The monoisotopic (exact) mass is 855 g/mol. The Hall–Kier alpha value is -4.61. The SMILES string of the molecule is CCn1c(-c2cc(N3CCN(C)CC3)cnc2[C@H](C)OC)c2c3cc(ccc31)-c1csc(n1)C[C@H](NC(=O)N1CCOC[C@@H]1C)C(=O)N1CCC[C@H](N1)C(=O)OCC(C)(C)C2. The minimum Gasteiger partial charge on any atom is -0.464 e. The van der Waals surface area contributed by atoms with Gasteiger partial charge in [0.2, 0.25) is 0 Å². The molecule has 0 spiro atoms. The van der Waals surface area contributed by atoms with E-state index in [0.29, 0.717) is 45.6 Å². The minimum absolute atomic E-state index is 0.138. The number of aromatic nitrogens is 3. The number of nitrogens with zero attached hydrogens (tertiary/aromatic N) is 7. The number of hydrogen-bond acceptors (Lipinski definition) is 12. The predicted molar refractivity (Wildman–Crippen MR) is 236 cm³/mol. The van der Waals surface area contributed by atoms with E-state index in [9.17, 15) is 14.4 Å². The van der Waals surface area contributed by atoms with E-state index in [1.807, 2.05) is 25.4 Å². The molecule has 15 nitrogen and oxygen atoms in total. The van der Waals surface area contributed by atoms with Gasteiger partial charge in [-0.25, -0.2) is 15.2 Å². The zero-order valence-electron chi connectivity index (χ0n) is 36.7. The number of pyridine rings is 1. The highest BCUT2D eigenvalue weighted by Gasteiger charge is 2.37. The van der Waals surface area contributed by atoms with Crippen LogP contribution in [-0.4, -0.2) is 139 Å². The molecule has 3 amide bonds. The second kappa shape index (κ2) is 18.0. The molecule has 2 N–H and O–H groups in total. The molecule has 0 unspecified atom stereocenters. The van der Waals surface area contributed by atoms with Crippen LogP contribution in [0.3, 0.4) is 0 Å². The van der Waals surface area contributed by atoms with Crippen LogP contribution < -0.4 is 15.6 Å². The molecule has 7 heterocycles. The summed E-state index contributed by atoms with van der Waals surface area (Å²) < 4.78 is 20.1. The van der Waals surface area contributed by atoms with Crippen LogP contribution in [0.5, 0.6) is 0 Å². The number of carbonyl (C=O) groups is 3. The van der Waals surface area contributed by atoms with E-state index in [2.05, 4.69) is 77.2 Å². The van der Waals surface area contributed by atoms with E-state index in [0.717, 1.165) is 88.1 Å². The summed E-state index contributed by atoms with van der Waals surface area (Å²) in [5, 5.41) is 8.36. The fraction of sp³-hybridized carbons (Fsp3) is 0.578. The van der Waals surface area contributed by atoms with Gasteiger partial charge in [0.25, 0.3) is 5.91 Å². The van der Waals surface area contributed by atoms with Gasteiger partial charge in [-0.15, -0.1) is 11.3 Å². The molecule has 4 aliphatic rings. The number of nitrogens with one attached hydrogen (secondary N) is 2. The molecule has 4 aliphatic heterocycles. The number of fused-ring (bicyclic) bond motifs is 6. The molecule has 4 atom stereocenters. The largest absolute Gasteiger partial charge is 0.464 e. The summed E-state index contributed by atoms with van der Waals surface area (Å²) in [7, 11) is 3.89. The quantitative estimate of drug-likeness (QED) is 0.245. The van der Waals surface area contributed by atoms with Crippen LogP contribution in [0.4, 0.5) is 10.5 Å². The fourth-order valence-electron chi connectivity index (χ4n) is 9.10. The number of carbonyl (C=O) groups excluding carboxylic acids is 3. The van der Waals surface area contributed by atoms with Crippen molar-refractivity contribution >= 4 is 45.8 Å². The molecule has 61 heavy (non-hydrogen) atoms. The number of ether oxygens (including phenoxy) is 3. The van der Waals surface area contributed by atoms with Crippen molar-refractivity contribution in [2.24, 2.45) is 5.41 Å². The lowest BCUT2D eigenvalue weighted by atomic mass is 9.84. The molecule has 4 aromatic rings. The highest BCUT2D eigenvalue weighted by molar-refractivity contribution is 7.10. The molecule has 328 valence electrons. The number of methoxy groups -OCH3 is 1. The zero-order chi connectivity index (χ0) is 43.0. The first-order valence-electron chi connectivity index (χ1n) is 21.8. The number of esters is 1. The number of likely N-dealkylation sites (N-methyl/N-ethyl adjacent to an activating group) is 1. The van der Waals surface area contributed by atoms with Gasteiger partial charge in [-0.2, -0.15) is 0 Å². The van der Waals surface area contributed by atoms with Crippen molar-refractivity contribution in [3.63, 3.8) is 0 Å². The van der Waals surface area contributed by atoms with E-state index in [4.69, 9.17) is 24.2 Å². The lowest BCUT2D eigenvalue weighted by molar-refractivity contribution is -0.155. The third-order valence-electron chi connectivity index (χ3n) is 12.7. The Morgan fingerprint density at radius 3 is 2.69 bits per heavy atom. The Morgan fingerprint density at radius 1 is 1.13 bits per heavy atom. The Labute approximate surface area is 362 Å². The third-order valence-corrected chi connectivity index (χ3v) is 13.6. The Balaban J connectivity index is 1.25. The summed E-state index contributed by atoms with van der Waals surface area (Å²) in [5.74, 6) is -0.726. The maximum Gasteiger partial charge on any atom is 0.324 e. The van der Waals surface area contributed by atoms with Crippen molar-refractivity contribution in [2.75, 3.05) is 78.1 Å². The van der Waals surface area contributed by atoms with Crippen molar-refractivity contribution in [1.82, 2.24) is 40.1 Å². The number of aryl methyl sites for hydroxylation is 1. The normalized spacial score (nSPS) is 23.5. The predicted octanol–water partition coefficient (Wildman–Crippen LogP) is 5.27. The number of piperazine rings is 1. The number of anilines is 1. The number of urea groups is 1. The summed E-state index contributed by atoms with van der Waals surface area (Å²) in [6.45, 7) is 16.8. The topological polar surface area (TPSA) is 147 Å².